The molecule has 0 bridgehead atoms. The lowest BCUT2D eigenvalue weighted by molar-refractivity contribution is -0.117. The molecule has 0 fully saturated rings. The number of ether oxygens (including phenoxy) is 1. The quantitative estimate of drug-likeness (QED) is 0.752. The topological polar surface area (TPSA) is 50.1 Å². The van der Waals surface area contributed by atoms with E-state index in [1.54, 1.807) is 6.92 Å². The van der Waals surface area contributed by atoms with Crippen molar-refractivity contribution in [3.63, 3.8) is 0 Å². The van der Waals surface area contributed by atoms with Crippen LogP contribution >= 0.6 is 0 Å². The number of carbonyl (C=O) groups excluding carboxylic acids is 1. The van der Waals surface area contributed by atoms with Crippen molar-refractivity contribution in [2.45, 2.75) is 19.8 Å². The van der Waals surface area contributed by atoms with Crippen molar-refractivity contribution >= 4 is 5.78 Å². The van der Waals surface area contributed by atoms with Gasteiger partial charge in [-0.3, -0.25) is 0 Å². The third kappa shape index (κ3) is 4.47. The molecule has 0 spiro atoms. The summed E-state index contributed by atoms with van der Waals surface area (Å²) in [5, 5.41) is 8.78. The highest BCUT2D eigenvalue weighted by atomic mass is 16.5. The van der Waals surface area contributed by atoms with Gasteiger partial charge in [0.1, 0.15) is 11.5 Å². The predicted molar refractivity (Wildman–Crippen MR) is 82.0 cm³/mol. The first kappa shape index (κ1) is 14.8. The van der Waals surface area contributed by atoms with E-state index in [4.69, 9.17) is 10.00 Å². The van der Waals surface area contributed by atoms with Gasteiger partial charge >= 0.3 is 0 Å². The van der Waals surface area contributed by atoms with Gasteiger partial charge in [-0.1, -0.05) is 24.3 Å². The molecule has 0 saturated carbocycles. The van der Waals surface area contributed by atoms with E-state index in [9.17, 15) is 4.79 Å². The summed E-state index contributed by atoms with van der Waals surface area (Å²) in [6.45, 7) is 2.14. The fourth-order valence-electron chi connectivity index (χ4n) is 1.99. The van der Waals surface area contributed by atoms with Crippen molar-refractivity contribution in [1.82, 2.24) is 0 Å². The van der Waals surface area contributed by atoms with Gasteiger partial charge in [-0.15, -0.1) is 0 Å². The molecule has 0 unspecified atom stereocenters. The number of carbonyl (C=O) groups is 1. The highest BCUT2D eigenvalue weighted by Gasteiger charge is 2.00. The van der Waals surface area contributed by atoms with E-state index in [0.29, 0.717) is 18.6 Å². The molecule has 0 radical (unpaired) electrons. The largest absolute Gasteiger partial charge is 0.494 e. The molecule has 2 aromatic carbocycles. The normalized spacial score (nSPS) is 9.90. The van der Waals surface area contributed by atoms with Crippen molar-refractivity contribution in [3.8, 4) is 22.9 Å². The van der Waals surface area contributed by atoms with Crippen LogP contribution in [0.3, 0.4) is 0 Å². The average molecular weight is 279 g/mol. The Balaban J connectivity index is 1.95. The first-order valence-corrected chi connectivity index (χ1v) is 6.92. The lowest BCUT2D eigenvalue weighted by Gasteiger charge is -2.07. The van der Waals surface area contributed by atoms with Crippen LogP contribution in [-0.2, 0) is 4.79 Å². The molecule has 21 heavy (non-hydrogen) atoms. The molecule has 0 amide bonds. The fourth-order valence-corrected chi connectivity index (χ4v) is 1.99. The highest BCUT2D eigenvalue weighted by Crippen LogP contribution is 2.22. The Morgan fingerprint density at radius 1 is 1.05 bits per heavy atom. The number of nitriles is 1. The second kappa shape index (κ2) is 7.25. The Hall–Kier alpha value is -2.60. The SMILES string of the molecule is CC(=O)CCCOc1ccc(-c2ccc(C#N)cc2)cc1. The van der Waals surface area contributed by atoms with E-state index in [1.165, 1.54) is 0 Å². The molecule has 0 aliphatic carbocycles. The second-order valence-corrected chi connectivity index (χ2v) is 4.87. The number of nitrogens with zero attached hydrogens (tertiary/aromatic N) is 1. The minimum atomic E-state index is 0.190. The summed E-state index contributed by atoms with van der Waals surface area (Å²) in [5.74, 6) is 0.991. The number of hydrogen-bond acceptors (Lipinski definition) is 3. The number of hydrogen-bond donors (Lipinski definition) is 0. The van der Waals surface area contributed by atoms with Crippen LogP contribution in [0.2, 0.25) is 0 Å². The van der Waals surface area contributed by atoms with Gasteiger partial charge in [-0.05, 0) is 48.7 Å². The second-order valence-electron chi connectivity index (χ2n) is 4.87. The van der Waals surface area contributed by atoms with Gasteiger partial charge in [-0.2, -0.15) is 5.26 Å². The van der Waals surface area contributed by atoms with Gasteiger partial charge in [0.2, 0.25) is 0 Å². The molecule has 0 aliphatic rings. The minimum Gasteiger partial charge on any atom is -0.494 e. The van der Waals surface area contributed by atoms with E-state index < -0.39 is 0 Å². The Morgan fingerprint density at radius 3 is 2.14 bits per heavy atom. The zero-order chi connectivity index (χ0) is 15.1. The molecule has 3 heteroatoms. The molecule has 0 heterocycles. The van der Waals surface area contributed by atoms with Crippen LogP contribution in [0.25, 0.3) is 11.1 Å². The Morgan fingerprint density at radius 2 is 1.62 bits per heavy atom. The summed E-state index contributed by atoms with van der Waals surface area (Å²) >= 11 is 0. The smallest absolute Gasteiger partial charge is 0.129 e. The fraction of sp³-hybridized carbons (Fsp3) is 0.222. The summed E-state index contributed by atoms with van der Waals surface area (Å²) in [4.78, 5) is 10.8. The lowest BCUT2D eigenvalue weighted by atomic mass is 10.0. The maximum Gasteiger partial charge on any atom is 0.129 e. The molecule has 2 rings (SSSR count). The first-order chi connectivity index (χ1) is 10.2. The van der Waals surface area contributed by atoms with Gasteiger partial charge in [0.05, 0.1) is 18.2 Å². The van der Waals surface area contributed by atoms with Gasteiger partial charge in [0.15, 0.2) is 0 Å². The number of benzene rings is 2. The number of ketones is 1. The molecule has 0 N–H and O–H groups in total. The molecule has 3 nitrogen and oxygen atoms in total. The van der Waals surface area contributed by atoms with Crippen LogP contribution < -0.4 is 4.74 Å². The molecule has 2 aromatic rings. The van der Waals surface area contributed by atoms with Crippen molar-refractivity contribution in [1.29, 1.82) is 5.26 Å². The number of rotatable bonds is 6. The summed E-state index contributed by atoms with van der Waals surface area (Å²) in [7, 11) is 0. The summed E-state index contributed by atoms with van der Waals surface area (Å²) in [6.07, 6.45) is 1.30. The molecular formula is C18H17NO2. The Labute approximate surface area is 124 Å². The van der Waals surface area contributed by atoms with E-state index in [0.717, 1.165) is 23.3 Å². The van der Waals surface area contributed by atoms with Crippen LogP contribution in [-0.4, -0.2) is 12.4 Å². The van der Waals surface area contributed by atoms with E-state index in [-0.39, 0.29) is 5.78 Å². The van der Waals surface area contributed by atoms with Crippen molar-refractivity contribution in [2.75, 3.05) is 6.61 Å². The summed E-state index contributed by atoms with van der Waals surface area (Å²) < 4.78 is 5.59. The summed E-state index contributed by atoms with van der Waals surface area (Å²) in [6, 6.07) is 17.4. The average Bonchev–Trinajstić information content (AvgIpc) is 2.52. The summed E-state index contributed by atoms with van der Waals surface area (Å²) in [5.41, 5.74) is 2.80. The van der Waals surface area contributed by atoms with E-state index >= 15 is 0 Å². The van der Waals surface area contributed by atoms with Crippen molar-refractivity contribution in [3.05, 3.63) is 54.1 Å². The highest BCUT2D eigenvalue weighted by molar-refractivity contribution is 5.75. The van der Waals surface area contributed by atoms with E-state index in [2.05, 4.69) is 6.07 Å². The maximum absolute atomic E-state index is 10.8. The third-order valence-corrected chi connectivity index (χ3v) is 3.14. The third-order valence-electron chi connectivity index (χ3n) is 3.14. The minimum absolute atomic E-state index is 0.190. The standard InChI is InChI=1S/C18H17NO2/c1-14(20)3-2-12-21-18-10-8-17(9-11-18)16-6-4-15(13-19)5-7-16/h4-11H,2-3,12H2,1H3. The molecular weight excluding hydrogens is 262 g/mol. The van der Waals surface area contributed by atoms with Crippen LogP contribution in [0.15, 0.2) is 48.5 Å². The lowest BCUT2D eigenvalue weighted by Crippen LogP contribution is -2.00. The van der Waals surface area contributed by atoms with Crippen LogP contribution in [0.4, 0.5) is 0 Å². The van der Waals surface area contributed by atoms with Crippen LogP contribution in [0.5, 0.6) is 5.75 Å². The van der Waals surface area contributed by atoms with Gasteiger partial charge in [0.25, 0.3) is 0 Å². The van der Waals surface area contributed by atoms with E-state index in [1.807, 2.05) is 48.5 Å². The maximum atomic E-state index is 10.8. The van der Waals surface area contributed by atoms with Crippen LogP contribution in [0.1, 0.15) is 25.3 Å². The molecule has 106 valence electrons. The van der Waals surface area contributed by atoms with Crippen LogP contribution in [0, 0.1) is 11.3 Å². The molecule has 0 saturated heterocycles. The Bertz CT molecular complexity index is 636. The van der Waals surface area contributed by atoms with Crippen molar-refractivity contribution in [2.24, 2.45) is 0 Å². The first-order valence-electron chi connectivity index (χ1n) is 6.92. The van der Waals surface area contributed by atoms with Gasteiger partial charge < -0.3 is 9.53 Å². The molecule has 0 aromatic heterocycles. The van der Waals surface area contributed by atoms with Gasteiger partial charge in [-0.25, -0.2) is 0 Å². The zero-order valence-corrected chi connectivity index (χ0v) is 12.0. The Kier molecular flexibility index (Phi) is 5.11. The number of Topliss-reactive ketones (excluding diaryl/α,β-unsaturated/α-hetero) is 1. The van der Waals surface area contributed by atoms with Gasteiger partial charge in [0, 0.05) is 6.42 Å². The molecule has 0 aliphatic heterocycles. The zero-order valence-electron chi connectivity index (χ0n) is 12.0. The monoisotopic (exact) mass is 279 g/mol. The molecule has 0 atom stereocenters. The van der Waals surface area contributed by atoms with Crippen molar-refractivity contribution < 1.29 is 9.53 Å². The predicted octanol–water partition coefficient (Wildman–Crippen LogP) is 3.97.